The predicted molar refractivity (Wildman–Crippen MR) is 143 cm³/mol. The number of esters is 1. The molecule has 1 aliphatic rings. The number of carboxylic acid groups (broad SMARTS) is 1. The molecule has 1 saturated heterocycles. The van der Waals surface area contributed by atoms with Crippen LogP contribution in [0.1, 0.15) is 59.0 Å². The fraction of sp³-hybridized carbons (Fsp3) is 0.379. The molecule has 1 aromatic heterocycles. The zero-order valence-electron chi connectivity index (χ0n) is 22.9. The minimum absolute atomic E-state index is 0.155. The van der Waals surface area contributed by atoms with Crippen molar-refractivity contribution in [3.63, 3.8) is 0 Å². The monoisotopic (exact) mass is 610 g/mol. The van der Waals surface area contributed by atoms with Gasteiger partial charge in [0.2, 0.25) is 5.95 Å². The number of rotatable bonds is 8. The van der Waals surface area contributed by atoms with E-state index in [1.165, 1.54) is 4.90 Å². The van der Waals surface area contributed by atoms with E-state index in [0.717, 1.165) is 36.9 Å². The molecule has 1 unspecified atom stereocenters. The Kier molecular flexibility index (Phi) is 9.46. The quantitative estimate of drug-likeness (QED) is 0.209. The number of alkyl halides is 6. The van der Waals surface area contributed by atoms with E-state index in [-0.39, 0.29) is 23.9 Å². The van der Waals surface area contributed by atoms with Crippen LogP contribution in [0.15, 0.2) is 54.7 Å². The number of carbonyl (C=O) groups excluding carboxylic acids is 1. The standard InChI is InChI=1S/C29H28F6N4O4/c1-43-24(40)15-20(14-17-2-6-21(7-3-17)28(30,31)32)25-23(29(33,34)35)16-36-26(38-25)37-22-8-4-18(5-9-22)19-10-12-39(13-11-19)27(41)42/h2-9,16,19-20H,10-15H2,1H3,(H,41,42)(H,36,37,38). The largest absolute Gasteiger partial charge is 0.469 e. The number of benzene rings is 2. The lowest BCUT2D eigenvalue weighted by molar-refractivity contribution is -0.143. The first-order valence-electron chi connectivity index (χ1n) is 13.3. The third-order valence-corrected chi connectivity index (χ3v) is 7.32. The highest BCUT2D eigenvalue weighted by atomic mass is 19.4. The van der Waals surface area contributed by atoms with E-state index < -0.39 is 53.6 Å². The van der Waals surface area contributed by atoms with Crippen LogP contribution in [0, 0.1) is 0 Å². The molecule has 2 aromatic carbocycles. The van der Waals surface area contributed by atoms with E-state index in [1.54, 1.807) is 12.1 Å². The Morgan fingerprint density at radius 1 is 1.00 bits per heavy atom. The van der Waals surface area contributed by atoms with Crippen molar-refractivity contribution in [3.8, 4) is 0 Å². The Bertz CT molecular complexity index is 1420. The van der Waals surface area contributed by atoms with Crippen molar-refractivity contribution in [3.05, 3.63) is 82.7 Å². The summed E-state index contributed by atoms with van der Waals surface area (Å²) in [5.74, 6) is -2.03. The molecule has 1 aliphatic heterocycles. The van der Waals surface area contributed by atoms with Crippen molar-refractivity contribution in [2.75, 3.05) is 25.5 Å². The average Bonchev–Trinajstić information content (AvgIpc) is 2.96. The normalized spacial score (nSPS) is 15.2. The summed E-state index contributed by atoms with van der Waals surface area (Å²) >= 11 is 0. The van der Waals surface area contributed by atoms with Gasteiger partial charge < -0.3 is 20.1 Å². The molecule has 1 fully saturated rings. The number of nitrogens with one attached hydrogen (secondary N) is 1. The van der Waals surface area contributed by atoms with Crippen molar-refractivity contribution < 1.29 is 45.8 Å². The Hall–Kier alpha value is -4.36. The lowest BCUT2D eigenvalue weighted by atomic mass is 9.89. The molecule has 0 radical (unpaired) electrons. The van der Waals surface area contributed by atoms with Crippen LogP contribution in [0.2, 0.25) is 0 Å². The van der Waals surface area contributed by atoms with Gasteiger partial charge >= 0.3 is 24.4 Å². The molecule has 0 spiro atoms. The zero-order chi connectivity index (χ0) is 31.4. The van der Waals surface area contributed by atoms with Crippen LogP contribution in [-0.2, 0) is 28.3 Å². The van der Waals surface area contributed by atoms with Gasteiger partial charge in [-0.25, -0.2) is 14.8 Å². The average molecular weight is 611 g/mol. The maximum absolute atomic E-state index is 14.0. The van der Waals surface area contributed by atoms with Crippen LogP contribution < -0.4 is 5.32 Å². The van der Waals surface area contributed by atoms with E-state index >= 15 is 0 Å². The number of nitrogens with zero attached hydrogens (tertiary/aromatic N) is 3. The van der Waals surface area contributed by atoms with Crippen LogP contribution in [-0.4, -0.2) is 52.2 Å². The van der Waals surface area contributed by atoms with E-state index in [1.807, 2.05) is 12.1 Å². The van der Waals surface area contributed by atoms with Gasteiger partial charge in [0.25, 0.3) is 0 Å². The summed E-state index contributed by atoms with van der Waals surface area (Å²) < 4.78 is 85.7. The van der Waals surface area contributed by atoms with Crippen LogP contribution in [0.3, 0.4) is 0 Å². The summed E-state index contributed by atoms with van der Waals surface area (Å²) in [5.41, 5.74) is -0.863. The number of aromatic nitrogens is 2. The predicted octanol–water partition coefficient (Wildman–Crippen LogP) is 7.00. The minimum atomic E-state index is -4.87. The number of halogens is 6. The molecule has 8 nitrogen and oxygen atoms in total. The highest BCUT2D eigenvalue weighted by Gasteiger charge is 2.38. The van der Waals surface area contributed by atoms with Crippen molar-refractivity contribution in [1.29, 1.82) is 0 Å². The highest BCUT2D eigenvalue weighted by molar-refractivity contribution is 5.70. The Morgan fingerprint density at radius 2 is 1.63 bits per heavy atom. The smallest absolute Gasteiger partial charge is 0.419 e. The molecule has 4 rings (SSSR count). The lowest BCUT2D eigenvalue weighted by Crippen LogP contribution is -2.36. The number of hydrogen-bond acceptors (Lipinski definition) is 6. The number of anilines is 2. The van der Waals surface area contributed by atoms with Crippen molar-refractivity contribution in [2.24, 2.45) is 0 Å². The minimum Gasteiger partial charge on any atom is -0.469 e. The fourth-order valence-corrected chi connectivity index (χ4v) is 5.02. The van der Waals surface area contributed by atoms with Crippen molar-refractivity contribution in [1.82, 2.24) is 14.9 Å². The number of likely N-dealkylation sites (tertiary alicyclic amines) is 1. The second-order valence-electron chi connectivity index (χ2n) is 10.2. The Morgan fingerprint density at radius 3 is 2.16 bits per heavy atom. The van der Waals surface area contributed by atoms with E-state index in [4.69, 9.17) is 5.11 Å². The van der Waals surface area contributed by atoms with Gasteiger partial charge in [0, 0.05) is 30.9 Å². The summed E-state index contributed by atoms with van der Waals surface area (Å²) in [6.07, 6.45) is -9.23. The molecule has 43 heavy (non-hydrogen) atoms. The number of amides is 1. The molecule has 0 bridgehead atoms. The highest BCUT2D eigenvalue weighted by Crippen LogP contribution is 2.38. The molecule has 14 heteroatoms. The summed E-state index contributed by atoms with van der Waals surface area (Å²) in [4.78, 5) is 32.6. The zero-order valence-corrected chi connectivity index (χ0v) is 22.9. The number of hydrogen-bond donors (Lipinski definition) is 2. The summed E-state index contributed by atoms with van der Waals surface area (Å²) in [5, 5.41) is 12.0. The first-order chi connectivity index (χ1) is 20.2. The van der Waals surface area contributed by atoms with Gasteiger partial charge in [-0.15, -0.1) is 0 Å². The number of ether oxygens (including phenoxy) is 1. The molecule has 0 saturated carbocycles. The second-order valence-corrected chi connectivity index (χ2v) is 10.2. The summed E-state index contributed by atoms with van der Waals surface area (Å²) in [6, 6.07) is 11.0. The second kappa shape index (κ2) is 12.9. The third-order valence-electron chi connectivity index (χ3n) is 7.32. The molecule has 2 heterocycles. The van der Waals surface area contributed by atoms with Crippen LogP contribution in [0.25, 0.3) is 0 Å². The van der Waals surface area contributed by atoms with Crippen LogP contribution >= 0.6 is 0 Å². The van der Waals surface area contributed by atoms with Crippen LogP contribution in [0.5, 0.6) is 0 Å². The third kappa shape index (κ3) is 8.14. The lowest BCUT2D eigenvalue weighted by Gasteiger charge is -2.30. The molecule has 2 N–H and O–H groups in total. The molecule has 0 aliphatic carbocycles. The van der Waals surface area contributed by atoms with Crippen LogP contribution in [0.4, 0.5) is 42.8 Å². The Balaban J connectivity index is 1.59. The van der Waals surface area contributed by atoms with Crippen molar-refractivity contribution in [2.45, 2.75) is 49.9 Å². The van der Waals surface area contributed by atoms with E-state index in [2.05, 4.69) is 20.0 Å². The van der Waals surface area contributed by atoms with Gasteiger partial charge in [0.15, 0.2) is 0 Å². The van der Waals surface area contributed by atoms with Crippen molar-refractivity contribution >= 4 is 23.7 Å². The van der Waals surface area contributed by atoms with E-state index in [0.29, 0.717) is 37.8 Å². The molecular weight excluding hydrogens is 582 g/mol. The molecule has 3 aromatic rings. The summed E-state index contributed by atoms with van der Waals surface area (Å²) in [6.45, 7) is 0.836. The van der Waals surface area contributed by atoms with Gasteiger partial charge in [0.1, 0.15) is 0 Å². The first-order valence-corrected chi connectivity index (χ1v) is 13.3. The first kappa shape index (κ1) is 31.6. The molecule has 1 amide bonds. The van der Waals surface area contributed by atoms with Gasteiger partial charge in [-0.3, -0.25) is 4.79 Å². The molecular formula is C29H28F6N4O4. The van der Waals surface area contributed by atoms with Gasteiger partial charge in [-0.05, 0) is 60.6 Å². The van der Waals surface area contributed by atoms with Gasteiger partial charge in [0.05, 0.1) is 30.4 Å². The number of piperidine rings is 1. The SMILES string of the molecule is COC(=O)CC(Cc1ccc(C(F)(F)F)cc1)c1nc(Nc2ccc(C3CCN(C(=O)O)CC3)cc2)ncc1C(F)(F)F. The van der Waals surface area contributed by atoms with Gasteiger partial charge in [-0.2, -0.15) is 26.3 Å². The number of carbonyl (C=O) groups is 2. The molecule has 1 atom stereocenters. The fourth-order valence-electron chi connectivity index (χ4n) is 5.02. The Labute approximate surface area is 242 Å². The number of methoxy groups -OCH3 is 1. The summed E-state index contributed by atoms with van der Waals surface area (Å²) in [7, 11) is 1.08. The maximum Gasteiger partial charge on any atom is 0.419 e. The topological polar surface area (TPSA) is 105 Å². The van der Waals surface area contributed by atoms with E-state index in [9.17, 15) is 35.9 Å². The van der Waals surface area contributed by atoms with Gasteiger partial charge in [-0.1, -0.05) is 24.3 Å². The molecule has 230 valence electrons. The maximum atomic E-state index is 14.0.